The van der Waals surface area contributed by atoms with Gasteiger partial charge in [0.1, 0.15) is 11.6 Å². The molecule has 0 radical (unpaired) electrons. The summed E-state index contributed by atoms with van der Waals surface area (Å²) in [5, 5.41) is 14.1. The molecule has 32 heavy (non-hydrogen) atoms. The van der Waals surface area contributed by atoms with Gasteiger partial charge in [-0.2, -0.15) is 5.10 Å². The monoisotopic (exact) mass is 468 g/mol. The van der Waals surface area contributed by atoms with Crippen molar-refractivity contribution in [2.75, 3.05) is 0 Å². The zero-order valence-corrected chi connectivity index (χ0v) is 18.4. The van der Waals surface area contributed by atoms with E-state index >= 15 is 0 Å². The Kier molecular flexibility index (Phi) is 5.03. The van der Waals surface area contributed by atoms with Gasteiger partial charge in [-0.3, -0.25) is 4.98 Å². The van der Waals surface area contributed by atoms with E-state index in [-0.39, 0.29) is 5.82 Å². The highest BCUT2D eigenvalue weighted by molar-refractivity contribution is 6.42. The fourth-order valence-corrected chi connectivity index (χ4v) is 3.81. The van der Waals surface area contributed by atoms with E-state index in [2.05, 4.69) is 20.3 Å². The second-order valence-corrected chi connectivity index (χ2v) is 7.89. The fraction of sp³-hybridized carbons (Fsp3) is 0.0909. The molecule has 0 fully saturated rings. The van der Waals surface area contributed by atoms with Crippen LogP contribution < -0.4 is 4.74 Å². The van der Waals surface area contributed by atoms with Crippen molar-refractivity contribution in [3.63, 3.8) is 0 Å². The van der Waals surface area contributed by atoms with Crippen molar-refractivity contribution in [2.24, 2.45) is 0 Å². The maximum absolute atomic E-state index is 13.4. The zero-order valence-electron chi connectivity index (χ0n) is 16.9. The smallest absolute Gasteiger partial charge is 0.226 e. The van der Waals surface area contributed by atoms with Gasteiger partial charge in [-0.05, 0) is 50.2 Å². The van der Waals surface area contributed by atoms with Crippen molar-refractivity contribution in [1.82, 2.24) is 29.4 Å². The van der Waals surface area contributed by atoms with E-state index < -0.39 is 0 Å². The summed E-state index contributed by atoms with van der Waals surface area (Å²) >= 11 is 12.1. The summed E-state index contributed by atoms with van der Waals surface area (Å²) in [6.45, 7) is 3.80. The highest BCUT2D eigenvalue weighted by Gasteiger charge is 2.22. The van der Waals surface area contributed by atoms with Gasteiger partial charge in [0, 0.05) is 6.07 Å². The van der Waals surface area contributed by atoms with Crippen LogP contribution in [0.1, 0.15) is 11.4 Å². The molecule has 7 nitrogen and oxygen atoms in total. The standard InChI is InChI=1S/C22H15Cl2FN6O/c1-12-21(13(2)31(29-12)15-5-3-14(25)4-6-15)22-28-27-19-10-26-11-20(30(19)22)32-16-7-8-17(23)18(24)9-16/h3-11H,1-2H3. The van der Waals surface area contributed by atoms with Crippen molar-refractivity contribution in [3.05, 3.63) is 82.1 Å². The number of rotatable bonds is 4. The normalized spacial score (nSPS) is 11.3. The summed E-state index contributed by atoms with van der Waals surface area (Å²) in [5.41, 5.74) is 3.58. The van der Waals surface area contributed by atoms with E-state index in [0.717, 1.165) is 22.6 Å². The second-order valence-electron chi connectivity index (χ2n) is 7.07. The second kappa shape index (κ2) is 7.89. The van der Waals surface area contributed by atoms with Crippen LogP contribution in [-0.2, 0) is 0 Å². The highest BCUT2D eigenvalue weighted by atomic mass is 35.5. The highest BCUT2D eigenvalue weighted by Crippen LogP contribution is 2.33. The van der Waals surface area contributed by atoms with Crippen molar-refractivity contribution in [2.45, 2.75) is 13.8 Å². The minimum atomic E-state index is -0.310. The van der Waals surface area contributed by atoms with Gasteiger partial charge in [0.2, 0.25) is 5.88 Å². The molecule has 0 unspecified atom stereocenters. The average molecular weight is 469 g/mol. The summed E-state index contributed by atoms with van der Waals surface area (Å²) in [5.74, 6) is 1.12. The van der Waals surface area contributed by atoms with Gasteiger partial charge < -0.3 is 4.74 Å². The Balaban J connectivity index is 1.64. The SMILES string of the molecule is Cc1nn(-c2ccc(F)cc2)c(C)c1-c1nnc2cncc(Oc3ccc(Cl)c(Cl)c3)n12. The molecule has 3 heterocycles. The Hall–Kier alpha value is -3.49. The number of benzene rings is 2. The maximum Gasteiger partial charge on any atom is 0.226 e. The molecule has 0 saturated carbocycles. The van der Waals surface area contributed by atoms with E-state index in [4.69, 9.17) is 27.9 Å². The number of fused-ring (bicyclic) bond motifs is 1. The molecule has 5 aromatic rings. The molecule has 0 saturated heterocycles. The van der Waals surface area contributed by atoms with Crippen LogP contribution in [0.25, 0.3) is 22.7 Å². The van der Waals surface area contributed by atoms with Crippen LogP contribution in [0.15, 0.2) is 54.9 Å². The minimum absolute atomic E-state index is 0.310. The Morgan fingerprint density at radius 3 is 2.47 bits per heavy atom. The molecule has 3 aromatic heterocycles. The van der Waals surface area contributed by atoms with Crippen molar-refractivity contribution >= 4 is 28.8 Å². The summed E-state index contributed by atoms with van der Waals surface area (Å²) in [6, 6.07) is 11.1. The molecule has 0 aliphatic heterocycles. The number of nitrogens with zero attached hydrogens (tertiary/aromatic N) is 6. The molecule has 0 spiro atoms. The van der Waals surface area contributed by atoms with Crippen molar-refractivity contribution in [3.8, 4) is 28.7 Å². The molecule has 160 valence electrons. The summed E-state index contributed by atoms with van der Waals surface area (Å²) in [6.07, 6.45) is 3.16. The van der Waals surface area contributed by atoms with E-state index in [1.54, 1.807) is 51.8 Å². The van der Waals surface area contributed by atoms with Gasteiger partial charge in [0.25, 0.3) is 0 Å². The van der Waals surface area contributed by atoms with Crippen LogP contribution in [0.4, 0.5) is 4.39 Å². The fourth-order valence-electron chi connectivity index (χ4n) is 3.52. The predicted molar refractivity (Wildman–Crippen MR) is 119 cm³/mol. The van der Waals surface area contributed by atoms with Crippen LogP contribution >= 0.6 is 23.2 Å². The molecule has 5 rings (SSSR count). The molecule has 10 heteroatoms. The van der Waals surface area contributed by atoms with Crippen LogP contribution in [0.5, 0.6) is 11.6 Å². The van der Waals surface area contributed by atoms with Crippen LogP contribution in [0, 0.1) is 19.7 Å². The molecule has 0 aliphatic rings. The first kappa shape index (κ1) is 20.4. The summed E-state index contributed by atoms with van der Waals surface area (Å²) in [4.78, 5) is 4.20. The number of hydrogen-bond donors (Lipinski definition) is 0. The van der Waals surface area contributed by atoms with Crippen LogP contribution in [-0.4, -0.2) is 29.4 Å². The molecule has 2 aromatic carbocycles. The number of aromatic nitrogens is 6. The maximum atomic E-state index is 13.4. The molecular weight excluding hydrogens is 454 g/mol. The van der Waals surface area contributed by atoms with Crippen LogP contribution in [0.2, 0.25) is 10.0 Å². The third-order valence-corrected chi connectivity index (χ3v) is 5.72. The molecule has 0 amide bonds. The zero-order chi connectivity index (χ0) is 22.4. The van der Waals surface area contributed by atoms with Gasteiger partial charge in [-0.25, -0.2) is 13.5 Å². The number of halogens is 3. The number of ether oxygens (including phenoxy) is 1. The Morgan fingerprint density at radius 2 is 1.72 bits per heavy atom. The third-order valence-electron chi connectivity index (χ3n) is 4.98. The first-order valence-electron chi connectivity index (χ1n) is 9.57. The lowest BCUT2D eigenvalue weighted by Crippen LogP contribution is -2.00. The topological polar surface area (TPSA) is 70.1 Å². The van der Waals surface area contributed by atoms with Gasteiger partial charge in [-0.15, -0.1) is 10.2 Å². The van der Waals surface area contributed by atoms with Gasteiger partial charge in [0.05, 0.1) is 45.1 Å². The van der Waals surface area contributed by atoms with E-state index in [1.165, 1.54) is 12.1 Å². The van der Waals surface area contributed by atoms with Gasteiger partial charge in [0.15, 0.2) is 11.5 Å². The van der Waals surface area contributed by atoms with E-state index in [0.29, 0.717) is 33.1 Å². The third kappa shape index (κ3) is 3.47. The Morgan fingerprint density at radius 1 is 0.938 bits per heavy atom. The Bertz CT molecular complexity index is 1460. The van der Waals surface area contributed by atoms with E-state index in [1.807, 2.05) is 13.8 Å². The van der Waals surface area contributed by atoms with Gasteiger partial charge in [-0.1, -0.05) is 23.2 Å². The van der Waals surface area contributed by atoms with Crippen molar-refractivity contribution in [1.29, 1.82) is 0 Å². The lowest BCUT2D eigenvalue weighted by Gasteiger charge is -2.10. The van der Waals surface area contributed by atoms with Crippen molar-refractivity contribution < 1.29 is 9.13 Å². The number of aryl methyl sites for hydroxylation is 1. The minimum Gasteiger partial charge on any atom is -0.439 e. The summed E-state index contributed by atoms with van der Waals surface area (Å²) in [7, 11) is 0. The first-order chi connectivity index (χ1) is 15.4. The Labute approximate surface area is 192 Å². The first-order valence-corrected chi connectivity index (χ1v) is 10.3. The van der Waals surface area contributed by atoms with Crippen LogP contribution in [0.3, 0.4) is 0 Å². The van der Waals surface area contributed by atoms with Gasteiger partial charge >= 0.3 is 0 Å². The largest absolute Gasteiger partial charge is 0.439 e. The molecule has 0 aliphatic carbocycles. The summed E-state index contributed by atoms with van der Waals surface area (Å²) < 4.78 is 22.9. The average Bonchev–Trinajstić information content (AvgIpc) is 3.32. The number of hydrogen-bond acceptors (Lipinski definition) is 5. The molecule has 0 atom stereocenters. The lowest BCUT2D eigenvalue weighted by molar-refractivity contribution is 0.454. The quantitative estimate of drug-likeness (QED) is 0.331. The predicted octanol–water partition coefficient (Wildman–Crippen LogP) is 5.83. The molecular formula is C22H15Cl2FN6O. The lowest BCUT2D eigenvalue weighted by atomic mass is 10.2. The van der Waals surface area contributed by atoms with E-state index in [9.17, 15) is 4.39 Å². The molecule has 0 bridgehead atoms. The molecule has 0 N–H and O–H groups in total.